The van der Waals surface area contributed by atoms with Gasteiger partial charge in [-0.15, -0.1) is 0 Å². The summed E-state index contributed by atoms with van der Waals surface area (Å²) in [6.07, 6.45) is -1.79. The maximum absolute atomic E-state index is 14.9. The predicted octanol–water partition coefficient (Wildman–Crippen LogP) is -0.292. The van der Waals surface area contributed by atoms with Crippen LogP contribution in [0.1, 0.15) is 33.1 Å². The molecule has 22 heavy (non-hydrogen) atoms. The molecule has 2 saturated heterocycles. The normalized spacial score (nSPS) is 44.4. The van der Waals surface area contributed by atoms with Gasteiger partial charge in [-0.2, -0.15) is 12.7 Å². The number of fused-ring (bicyclic) bond motifs is 1. The Kier molecular flexibility index (Phi) is 3.75. The minimum Gasteiger partial charge on any atom is -0.391 e. The van der Waals surface area contributed by atoms with Crippen LogP contribution in [0.2, 0.25) is 0 Å². The standard InChI is InChI=1S/C13H21FN2O5S/c1-13(2)4-3-7-9(21-13)5-8(17)12(11(7)14)16-6-10(18)15-22(16,19)20/h7-9,11-12,17H,3-6H2,1-2H3,(H,15,18). The van der Waals surface area contributed by atoms with Crippen LogP contribution in [-0.4, -0.2) is 60.3 Å². The lowest BCUT2D eigenvalue weighted by Gasteiger charge is -2.49. The van der Waals surface area contributed by atoms with Gasteiger partial charge in [0.2, 0.25) is 5.91 Å². The fourth-order valence-electron chi connectivity index (χ4n) is 3.76. The number of nitrogens with zero attached hydrogens (tertiary/aromatic N) is 1. The summed E-state index contributed by atoms with van der Waals surface area (Å²) >= 11 is 0. The molecule has 0 aromatic rings. The maximum atomic E-state index is 14.9. The van der Waals surface area contributed by atoms with E-state index in [4.69, 9.17) is 4.74 Å². The second kappa shape index (κ2) is 5.12. The molecule has 2 aliphatic heterocycles. The Morgan fingerprint density at radius 1 is 1.45 bits per heavy atom. The van der Waals surface area contributed by atoms with Crippen LogP contribution < -0.4 is 4.72 Å². The molecule has 3 fully saturated rings. The average Bonchev–Trinajstić information content (AvgIpc) is 2.60. The van der Waals surface area contributed by atoms with Crippen molar-refractivity contribution in [2.75, 3.05) is 6.54 Å². The quantitative estimate of drug-likeness (QED) is 0.686. The number of nitrogens with one attached hydrogen (secondary N) is 1. The molecule has 3 rings (SSSR count). The number of aliphatic hydroxyl groups is 1. The fourth-order valence-corrected chi connectivity index (χ4v) is 5.10. The average molecular weight is 336 g/mol. The topological polar surface area (TPSA) is 95.9 Å². The van der Waals surface area contributed by atoms with Gasteiger partial charge >= 0.3 is 10.2 Å². The first-order valence-corrected chi connectivity index (χ1v) is 8.87. The molecule has 0 spiro atoms. The number of aliphatic hydroxyl groups excluding tert-OH is 1. The fraction of sp³-hybridized carbons (Fsp3) is 0.923. The molecule has 3 aliphatic rings. The molecule has 0 aromatic heterocycles. The van der Waals surface area contributed by atoms with Crippen molar-refractivity contribution in [1.29, 1.82) is 0 Å². The highest BCUT2D eigenvalue weighted by Crippen LogP contribution is 2.43. The van der Waals surface area contributed by atoms with Crippen LogP contribution >= 0.6 is 0 Å². The number of hydrogen-bond donors (Lipinski definition) is 2. The number of alkyl halides is 1. The highest BCUT2D eigenvalue weighted by Gasteiger charge is 2.54. The molecule has 5 unspecified atom stereocenters. The van der Waals surface area contributed by atoms with Gasteiger partial charge in [0.25, 0.3) is 0 Å². The molecule has 9 heteroatoms. The van der Waals surface area contributed by atoms with Gasteiger partial charge in [0.1, 0.15) is 6.17 Å². The summed E-state index contributed by atoms with van der Waals surface area (Å²) < 4.78 is 47.2. The van der Waals surface area contributed by atoms with Crippen molar-refractivity contribution in [2.24, 2.45) is 5.92 Å². The number of carbonyl (C=O) groups is 1. The first kappa shape index (κ1) is 16.1. The Labute approximate surface area is 129 Å². The second-order valence-electron chi connectivity index (χ2n) is 6.93. The predicted molar refractivity (Wildman–Crippen MR) is 74.8 cm³/mol. The van der Waals surface area contributed by atoms with Gasteiger partial charge in [-0.3, -0.25) is 4.79 Å². The smallest absolute Gasteiger partial charge is 0.304 e. The van der Waals surface area contributed by atoms with E-state index in [1.807, 2.05) is 18.6 Å². The van der Waals surface area contributed by atoms with Crippen LogP contribution in [0.25, 0.3) is 0 Å². The van der Waals surface area contributed by atoms with Crippen molar-refractivity contribution < 1.29 is 27.4 Å². The monoisotopic (exact) mass is 336 g/mol. The Hall–Kier alpha value is -0.770. The van der Waals surface area contributed by atoms with Crippen LogP contribution in [0.4, 0.5) is 4.39 Å². The lowest BCUT2D eigenvalue weighted by Crippen LogP contribution is -2.61. The molecule has 0 radical (unpaired) electrons. The van der Waals surface area contributed by atoms with Crippen molar-refractivity contribution in [1.82, 2.24) is 9.03 Å². The summed E-state index contributed by atoms with van der Waals surface area (Å²) in [5.41, 5.74) is -0.370. The van der Waals surface area contributed by atoms with Crippen LogP contribution in [0.15, 0.2) is 0 Å². The summed E-state index contributed by atoms with van der Waals surface area (Å²) in [7, 11) is -4.07. The highest BCUT2D eigenvalue weighted by atomic mass is 32.2. The minimum atomic E-state index is -4.07. The molecular formula is C13H21FN2O5S. The Bertz CT molecular complexity index is 581. The summed E-state index contributed by atoms with van der Waals surface area (Å²) in [6.45, 7) is 3.39. The first-order chi connectivity index (χ1) is 10.1. The molecule has 2 N–H and O–H groups in total. The number of hydrogen-bond acceptors (Lipinski definition) is 5. The van der Waals surface area contributed by atoms with Crippen molar-refractivity contribution in [3.05, 3.63) is 0 Å². The SMILES string of the molecule is CC1(C)CCC2C(CC(O)C(N3CC(=O)NS3(=O)=O)C2F)O1. The number of rotatable bonds is 1. The van der Waals surface area contributed by atoms with Crippen LogP contribution in [0.5, 0.6) is 0 Å². The zero-order valence-electron chi connectivity index (χ0n) is 12.5. The van der Waals surface area contributed by atoms with Gasteiger partial charge in [-0.05, 0) is 26.7 Å². The molecular weight excluding hydrogens is 315 g/mol. The van der Waals surface area contributed by atoms with E-state index >= 15 is 0 Å². The van der Waals surface area contributed by atoms with E-state index in [0.29, 0.717) is 12.8 Å². The van der Waals surface area contributed by atoms with Gasteiger partial charge in [0.05, 0.1) is 30.4 Å². The second-order valence-corrected chi connectivity index (χ2v) is 8.56. The van der Waals surface area contributed by atoms with E-state index in [1.165, 1.54) is 0 Å². The van der Waals surface area contributed by atoms with E-state index in [9.17, 15) is 22.7 Å². The summed E-state index contributed by atoms with van der Waals surface area (Å²) in [5, 5.41) is 10.3. The molecule has 0 bridgehead atoms. The molecule has 2 heterocycles. The first-order valence-electron chi connectivity index (χ1n) is 7.43. The molecule has 1 saturated carbocycles. The lowest BCUT2D eigenvalue weighted by molar-refractivity contribution is -0.189. The molecule has 126 valence electrons. The molecule has 0 aromatic carbocycles. The zero-order chi connectivity index (χ0) is 16.3. The third kappa shape index (κ3) is 2.64. The van der Waals surface area contributed by atoms with Crippen molar-refractivity contribution in [3.8, 4) is 0 Å². The van der Waals surface area contributed by atoms with Crippen molar-refractivity contribution in [2.45, 2.75) is 63.1 Å². The van der Waals surface area contributed by atoms with Crippen molar-refractivity contribution in [3.63, 3.8) is 0 Å². The third-order valence-electron chi connectivity index (χ3n) is 4.81. The van der Waals surface area contributed by atoms with Gasteiger partial charge in [0.15, 0.2) is 0 Å². The summed E-state index contributed by atoms with van der Waals surface area (Å²) in [5.74, 6) is -1.17. The largest absolute Gasteiger partial charge is 0.391 e. The molecule has 1 aliphatic carbocycles. The van der Waals surface area contributed by atoms with Gasteiger partial charge < -0.3 is 9.84 Å². The van der Waals surface area contributed by atoms with Crippen molar-refractivity contribution >= 4 is 16.1 Å². The summed E-state index contributed by atoms with van der Waals surface area (Å²) in [4.78, 5) is 11.3. The van der Waals surface area contributed by atoms with E-state index in [2.05, 4.69) is 0 Å². The molecule has 1 amide bonds. The summed E-state index contributed by atoms with van der Waals surface area (Å²) in [6, 6.07) is -1.24. The van der Waals surface area contributed by atoms with E-state index < -0.39 is 53.0 Å². The van der Waals surface area contributed by atoms with Gasteiger partial charge in [0, 0.05) is 12.3 Å². The van der Waals surface area contributed by atoms with Gasteiger partial charge in [-0.25, -0.2) is 9.11 Å². The number of halogens is 1. The van der Waals surface area contributed by atoms with Crippen LogP contribution in [0.3, 0.4) is 0 Å². The lowest BCUT2D eigenvalue weighted by atomic mass is 9.74. The molecule has 7 nitrogen and oxygen atoms in total. The number of ether oxygens (including phenoxy) is 1. The minimum absolute atomic E-state index is 0.166. The van der Waals surface area contributed by atoms with E-state index in [-0.39, 0.29) is 12.0 Å². The Morgan fingerprint density at radius 3 is 2.73 bits per heavy atom. The molecule has 5 atom stereocenters. The van der Waals surface area contributed by atoms with Crippen LogP contribution in [-0.2, 0) is 19.7 Å². The highest BCUT2D eigenvalue weighted by molar-refractivity contribution is 7.88. The Balaban J connectivity index is 1.85. The van der Waals surface area contributed by atoms with Gasteiger partial charge in [-0.1, -0.05) is 0 Å². The zero-order valence-corrected chi connectivity index (χ0v) is 13.3. The maximum Gasteiger partial charge on any atom is 0.304 e. The number of carbonyl (C=O) groups excluding carboxylic acids is 1. The number of amides is 1. The van der Waals surface area contributed by atoms with Crippen LogP contribution in [0, 0.1) is 5.92 Å². The van der Waals surface area contributed by atoms with E-state index in [0.717, 1.165) is 4.31 Å². The Morgan fingerprint density at radius 2 is 2.14 bits per heavy atom. The van der Waals surface area contributed by atoms with E-state index in [1.54, 1.807) is 0 Å². The third-order valence-corrected chi connectivity index (χ3v) is 6.29.